The fourth-order valence-corrected chi connectivity index (χ4v) is 2.23. The molecule has 0 spiro atoms. The van der Waals surface area contributed by atoms with E-state index in [4.69, 9.17) is 10.5 Å². The Balaban J connectivity index is 1.87. The third-order valence-electron chi connectivity index (χ3n) is 3.50. The lowest BCUT2D eigenvalue weighted by molar-refractivity contribution is -0.154. The minimum Gasteiger partial charge on any atom is -0.460 e. The molecule has 0 aliphatic heterocycles. The molecular weight excluding hydrogens is 360 g/mol. The summed E-state index contributed by atoms with van der Waals surface area (Å²) in [6.45, 7) is 5.47. The van der Waals surface area contributed by atoms with Gasteiger partial charge in [-0.2, -0.15) is 0 Å². The topological polar surface area (TPSA) is 123 Å². The fourth-order valence-electron chi connectivity index (χ4n) is 2.23. The molecule has 8 nitrogen and oxygen atoms in total. The zero-order chi connectivity index (χ0) is 20.7. The molecule has 2 amide bonds. The van der Waals surface area contributed by atoms with Gasteiger partial charge in [0.2, 0.25) is 0 Å². The van der Waals surface area contributed by atoms with Crippen molar-refractivity contribution in [3.05, 3.63) is 53.9 Å². The second kappa shape index (κ2) is 8.98. The van der Waals surface area contributed by atoms with Gasteiger partial charge in [-0.05, 0) is 45.0 Å². The highest BCUT2D eigenvalue weighted by Gasteiger charge is 2.16. The Labute approximate surface area is 163 Å². The Hall–Kier alpha value is -3.42. The number of ether oxygens (including phenoxy) is 1. The highest BCUT2D eigenvalue weighted by atomic mass is 16.6. The summed E-state index contributed by atoms with van der Waals surface area (Å²) < 4.78 is 5.17. The number of hydrogen-bond donors (Lipinski definition) is 3. The highest BCUT2D eigenvalue weighted by molar-refractivity contribution is 6.05. The van der Waals surface area contributed by atoms with Crippen LogP contribution in [0.25, 0.3) is 0 Å². The molecule has 0 bridgehead atoms. The van der Waals surface area contributed by atoms with E-state index < -0.39 is 23.4 Å². The summed E-state index contributed by atoms with van der Waals surface area (Å²) in [4.78, 5) is 40.0. The van der Waals surface area contributed by atoms with Gasteiger partial charge in [-0.1, -0.05) is 12.1 Å². The summed E-state index contributed by atoms with van der Waals surface area (Å²) in [6, 6.07) is 9.80. The number of esters is 1. The molecule has 0 unspecified atom stereocenters. The number of rotatable bonds is 6. The number of aromatic nitrogens is 1. The Kier molecular flexibility index (Phi) is 6.70. The molecule has 1 aromatic carbocycles. The lowest BCUT2D eigenvalue weighted by atomic mass is 10.2. The first-order chi connectivity index (χ1) is 13.2. The van der Waals surface area contributed by atoms with Crippen LogP contribution in [0.3, 0.4) is 0 Å². The summed E-state index contributed by atoms with van der Waals surface area (Å²) in [6.07, 6.45) is 1.36. The summed E-state index contributed by atoms with van der Waals surface area (Å²) in [7, 11) is 0. The molecule has 1 aromatic heterocycles. The zero-order valence-electron chi connectivity index (χ0n) is 16.1. The average Bonchev–Trinajstić information content (AvgIpc) is 2.62. The van der Waals surface area contributed by atoms with Crippen LogP contribution in [0.15, 0.2) is 42.6 Å². The molecule has 2 rings (SSSR count). The number of benzene rings is 1. The van der Waals surface area contributed by atoms with Crippen molar-refractivity contribution in [1.29, 1.82) is 0 Å². The van der Waals surface area contributed by atoms with Crippen molar-refractivity contribution in [2.24, 2.45) is 0 Å². The van der Waals surface area contributed by atoms with Gasteiger partial charge in [-0.25, -0.2) is 0 Å². The molecule has 148 valence electrons. The maximum absolute atomic E-state index is 12.2. The van der Waals surface area contributed by atoms with Crippen molar-refractivity contribution < 1.29 is 19.1 Å². The smallest absolute Gasteiger partial charge is 0.308 e. The van der Waals surface area contributed by atoms with Gasteiger partial charge in [0.1, 0.15) is 11.3 Å². The normalized spacial score (nSPS) is 10.8. The molecule has 0 aliphatic rings. The first-order valence-corrected chi connectivity index (χ1v) is 8.77. The van der Waals surface area contributed by atoms with Crippen LogP contribution < -0.4 is 16.4 Å². The van der Waals surface area contributed by atoms with E-state index >= 15 is 0 Å². The number of nitrogens with two attached hydrogens (primary N) is 1. The van der Waals surface area contributed by atoms with E-state index in [1.54, 1.807) is 45.0 Å². The van der Waals surface area contributed by atoms with Crippen LogP contribution in [0.1, 0.15) is 48.0 Å². The van der Waals surface area contributed by atoms with E-state index in [2.05, 4.69) is 15.6 Å². The van der Waals surface area contributed by atoms with E-state index in [1.807, 2.05) is 0 Å². The SMILES string of the molecule is CC(C)(C)OC(=O)CCNC(=O)c1ccc(C(=O)Nc2ccccc2N)nc1. The highest BCUT2D eigenvalue weighted by Crippen LogP contribution is 2.17. The lowest BCUT2D eigenvalue weighted by Gasteiger charge is -2.19. The van der Waals surface area contributed by atoms with Crippen molar-refractivity contribution in [2.75, 3.05) is 17.6 Å². The number of carbonyl (C=O) groups excluding carboxylic acids is 3. The molecule has 0 fully saturated rings. The molecule has 4 N–H and O–H groups in total. The molecule has 0 saturated heterocycles. The number of carbonyl (C=O) groups is 3. The van der Waals surface area contributed by atoms with Gasteiger partial charge in [0.05, 0.1) is 23.4 Å². The van der Waals surface area contributed by atoms with Crippen LogP contribution in [0.4, 0.5) is 11.4 Å². The predicted octanol–water partition coefficient (Wildman–Crippen LogP) is 2.38. The summed E-state index contributed by atoms with van der Waals surface area (Å²) >= 11 is 0. The van der Waals surface area contributed by atoms with Gasteiger partial charge < -0.3 is 21.1 Å². The summed E-state index contributed by atoms with van der Waals surface area (Å²) in [5.74, 6) is -1.22. The number of nitrogens with zero attached hydrogens (tertiary/aromatic N) is 1. The average molecular weight is 384 g/mol. The van der Waals surface area contributed by atoms with Gasteiger partial charge in [-0.15, -0.1) is 0 Å². The van der Waals surface area contributed by atoms with E-state index in [0.29, 0.717) is 11.4 Å². The maximum Gasteiger partial charge on any atom is 0.308 e. The van der Waals surface area contributed by atoms with Crippen molar-refractivity contribution in [3.8, 4) is 0 Å². The molecule has 0 saturated carbocycles. The number of anilines is 2. The Morgan fingerprint density at radius 1 is 1.07 bits per heavy atom. The second-order valence-electron chi connectivity index (χ2n) is 7.07. The molecule has 0 aliphatic carbocycles. The third-order valence-corrected chi connectivity index (χ3v) is 3.50. The van der Waals surface area contributed by atoms with Crippen LogP contribution in [0, 0.1) is 0 Å². The van der Waals surface area contributed by atoms with Crippen molar-refractivity contribution in [3.63, 3.8) is 0 Å². The van der Waals surface area contributed by atoms with Gasteiger partial charge >= 0.3 is 5.97 Å². The van der Waals surface area contributed by atoms with Crippen LogP contribution >= 0.6 is 0 Å². The summed E-state index contributed by atoms with van der Waals surface area (Å²) in [5, 5.41) is 5.28. The minimum atomic E-state index is -0.564. The number of hydrogen-bond acceptors (Lipinski definition) is 6. The van der Waals surface area contributed by atoms with Gasteiger partial charge in [0.15, 0.2) is 0 Å². The fraction of sp³-hybridized carbons (Fsp3) is 0.300. The van der Waals surface area contributed by atoms with Gasteiger partial charge in [0.25, 0.3) is 11.8 Å². The molecule has 2 aromatic rings. The lowest BCUT2D eigenvalue weighted by Crippen LogP contribution is -2.29. The monoisotopic (exact) mass is 384 g/mol. The minimum absolute atomic E-state index is 0.0649. The molecular formula is C20H24N4O4. The first kappa shape index (κ1) is 20.9. The summed E-state index contributed by atoms with van der Waals surface area (Å²) in [5.41, 5.74) is 6.58. The van der Waals surface area contributed by atoms with Crippen LogP contribution in [0.5, 0.6) is 0 Å². The van der Waals surface area contributed by atoms with Crippen LogP contribution in [0.2, 0.25) is 0 Å². The van der Waals surface area contributed by atoms with Gasteiger partial charge in [-0.3, -0.25) is 19.4 Å². The number of nitrogen functional groups attached to an aromatic ring is 1. The Morgan fingerprint density at radius 2 is 1.79 bits per heavy atom. The van der Waals surface area contributed by atoms with E-state index in [-0.39, 0.29) is 24.2 Å². The molecule has 8 heteroatoms. The first-order valence-electron chi connectivity index (χ1n) is 8.77. The third kappa shape index (κ3) is 6.39. The zero-order valence-corrected chi connectivity index (χ0v) is 16.1. The largest absolute Gasteiger partial charge is 0.460 e. The number of amides is 2. The molecule has 0 radical (unpaired) electrons. The number of para-hydroxylation sites is 2. The van der Waals surface area contributed by atoms with E-state index in [1.165, 1.54) is 18.3 Å². The van der Waals surface area contributed by atoms with E-state index in [9.17, 15) is 14.4 Å². The second-order valence-corrected chi connectivity index (χ2v) is 7.07. The van der Waals surface area contributed by atoms with Crippen LogP contribution in [-0.4, -0.2) is 34.9 Å². The standard InChI is InChI=1S/C20H24N4O4/c1-20(2,3)28-17(25)10-11-22-18(26)13-8-9-16(23-12-13)19(27)24-15-7-5-4-6-14(15)21/h4-9,12H,10-11,21H2,1-3H3,(H,22,26)(H,24,27). The Bertz CT molecular complexity index is 857. The number of pyridine rings is 1. The molecule has 0 atom stereocenters. The van der Waals surface area contributed by atoms with Crippen molar-refractivity contribution in [1.82, 2.24) is 10.3 Å². The maximum atomic E-state index is 12.2. The van der Waals surface area contributed by atoms with Crippen molar-refractivity contribution in [2.45, 2.75) is 32.8 Å². The number of nitrogens with one attached hydrogen (secondary N) is 2. The predicted molar refractivity (Wildman–Crippen MR) is 106 cm³/mol. The van der Waals surface area contributed by atoms with E-state index in [0.717, 1.165) is 0 Å². The quantitative estimate of drug-likeness (QED) is 0.519. The molecule has 28 heavy (non-hydrogen) atoms. The molecule has 1 heterocycles. The van der Waals surface area contributed by atoms with Crippen molar-refractivity contribution >= 4 is 29.2 Å². The van der Waals surface area contributed by atoms with Gasteiger partial charge in [0, 0.05) is 12.7 Å². The Morgan fingerprint density at radius 3 is 2.39 bits per heavy atom. The van der Waals surface area contributed by atoms with Crippen LogP contribution in [-0.2, 0) is 9.53 Å².